The first-order valence-corrected chi connectivity index (χ1v) is 2.97. The van der Waals surface area contributed by atoms with Crippen molar-refractivity contribution in [2.24, 2.45) is 0 Å². The molecule has 1 fully saturated rings. The summed E-state index contributed by atoms with van der Waals surface area (Å²) in [7, 11) is 1.37. The average Bonchev–Trinajstić information content (AvgIpc) is 1.79. The molecule has 1 heterocycles. The molecule has 1 aliphatic rings. The van der Waals surface area contributed by atoms with Crippen molar-refractivity contribution in [3.05, 3.63) is 0 Å². The average molecular weight is 130 g/mol. The first-order chi connectivity index (χ1) is 4.24. The van der Waals surface area contributed by atoms with E-state index >= 15 is 0 Å². The van der Waals surface area contributed by atoms with Gasteiger partial charge in [-0.15, -0.1) is 0 Å². The summed E-state index contributed by atoms with van der Waals surface area (Å²) >= 11 is 0. The van der Waals surface area contributed by atoms with Crippen molar-refractivity contribution in [2.45, 2.75) is 25.6 Å². The maximum absolute atomic E-state index is 10.6. The van der Waals surface area contributed by atoms with Gasteiger partial charge in [0.1, 0.15) is 0 Å². The number of carbonyl (C=O) groups is 1. The van der Waals surface area contributed by atoms with Crippen molar-refractivity contribution in [1.29, 1.82) is 0 Å². The second-order valence-corrected chi connectivity index (χ2v) is 2.19. The Morgan fingerprint density at radius 3 is 2.67 bits per heavy atom. The molecule has 0 aliphatic carbocycles. The Morgan fingerprint density at radius 2 is 2.33 bits per heavy atom. The minimum absolute atomic E-state index is 0.231. The lowest BCUT2D eigenvalue weighted by molar-refractivity contribution is -0.179. The molecule has 0 radical (unpaired) electrons. The molecule has 0 bridgehead atoms. The van der Waals surface area contributed by atoms with E-state index in [4.69, 9.17) is 4.74 Å². The minimum atomic E-state index is -0.287. The molecule has 2 atom stereocenters. The predicted molar refractivity (Wildman–Crippen MR) is 31.0 cm³/mol. The van der Waals surface area contributed by atoms with E-state index in [-0.39, 0.29) is 18.2 Å². The van der Waals surface area contributed by atoms with Gasteiger partial charge in [0.2, 0.25) is 0 Å². The summed E-state index contributed by atoms with van der Waals surface area (Å²) in [4.78, 5) is 10.6. The van der Waals surface area contributed by atoms with Gasteiger partial charge in [0, 0.05) is 6.42 Å². The van der Waals surface area contributed by atoms with Crippen LogP contribution in [0, 0.1) is 0 Å². The highest BCUT2D eigenvalue weighted by Gasteiger charge is 2.33. The van der Waals surface area contributed by atoms with Gasteiger partial charge in [0.25, 0.3) is 0 Å². The van der Waals surface area contributed by atoms with Crippen LogP contribution >= 0.6 is 0 Å². The fourth-order valence-corrected chi connectivity index (χ4v) is 0.854. The molecule has 0 unspecified atom stereocenters. The Bertz CT molecular complexity index is 115. The molecular weight excluding hydrogens is 120 g/mol. The molecule has 1 rings (SSSR count). The highest BCUT2D eigenvalue weighted by atomic mass is 16.6. The van der Waals surface area contributed by atoms with Gasteiger partial charge in [0.05, 0.1) is 13.2 Å². The highest BCUT2D eigenvalue weighted by molar-refractivity contribution is 5.75. The third kappa shape index (κ3) is 1.21. The monoisotopic (exact) mass is 130 g/mol. The number of esters is 1. The molecule has 3 nitrogen and oxygen atoms in total. The van der Waals surface area contributed by atoms with Crippen molar-refractivity contribution in [3.63, 3.8) is 0 Å². The second-order valence-electron chi connectivity index (χ2n) is 2.19. The Balaban J connectivity index is 2.23. The molecule has 0 amide bonds. The highest BCUT2D eigenvalue weighted by Crippen LogP contribution is 2.20. The standard InChI is InChI=1S/C6H10O3/c1-4-3-5(9-4)6(7)8-2/h4-5H,3H2,1-2H3/t4-,5+/m1/s1. The molecule has 1 saturated heterocycles. The van der Waals surface area contributed by atoms with Crippen LogP contribution in [0.1, 0.15) is 13.3 Å². The lowest BCUT2D eigenvalue weighted by atomic mass is 10.1. The van der Waals surface area contributed by atoms with Crippen LogP contribution in [0.25, 0.3) is 0 Å². The molecule has 9 heavy (non-hydrogen) atoms. The SMILES string of the molecule is COC(=O)[C@@H]1C[C@@H](C)O1. The third-order valence-corrected chi connectivity index (χ3v) is 1.41. The molecule has 0 aromatic heterocycles. The van der Waals surface area contributed by atoms with Gasteiger partial charge in [-0.25, -0.2) is 4.79 Å². The number of rotatable bonds is 1. The summed E-state index contributed by atoms with van der Waals surface area (Å²) in [5.74, 6) is -0.256. The van der Waals surface area contributed by atoms with Crippen molar-refractivity contribution in [3.8, 4) is 0 Å². The molecule has 0 aromatic carbocycles. The summed E-state index contributed by atoms with van der Waals surface area (Å²) in [5.41, 5.74) is 0. The van der Waals surface area contributed by atoms with Gasteiger partial charge < -0.3 is 9.47 Å². The molecule has 0 N–H and O–H groups in total. The van der Waals surface area contributed by atoms with Crippen LogP contribution in [0.5, 0.6) is 0 Å². The zero-order valence-electron chi connectivity index (χ0n) is 5.59. The van der Waals surface area contributed by atoms with Gasteiger partial charge in [-0.3, -0.25) is 0 Å². The van der Waals surface area contributed by atoms with E-state index < -0.39 is 0 Å². The topological polar surface area (TPSA) is 35.5 Å². The molecule has 0 saturated carbocycles. The van der Waals surface area contributed by atoms with Gasteiger partial charge >= 0.3 is 5.97 Å². The number of ether oxygens (including phenoxy) is 2. The van der Waals surface area contributed by atoms with Crippen molar-refractivity contribution >= 4 is 5.97 Å². The molecule has 0 spiro atoms. The summed E-state index contributed by atoms with van der Waals surface area (Å²) in [6.07, 6.45) is 0.742. The number of methoxy groups -OCH3 is 1. The van der Waals surface area contributed by atoms with Crippen molar-refractivity contribution < 1.29 is 14.3 Å². The molecular formula is C6H10O3. The maximum Gasteiger partial charge on any atom is 0.335 e. The zero-order chi connectivity index (χ0) is 6.85. The Labute approximate surface area is 53.9 Å². The van der Waals surface area contributed by atoms with E-state index in [0.29, 0.717) is 0 Å². The van der Waals surface area contributed by atoms with Gasteiger partial charge in [-0.1, -0.05) is 0 Å². The smallest absolute Gasteiger partial charge is 0.335 e. The number of hydrogen-bond acceptors (Lipinski definition) is 3. The van der Waals surface area contributed by atoms with Crippen molar-refractivity contribution in [1.82, 2.24) is 0 Å². The Morgan fingerprint density at radius 1 is 1.78 bits per heavy atom. The quantitative estimate of drug-likeness (QED) is 0.480. The van der Waals surface area contributed by atoms with Crippen LogP contribution in [0.2, 0.25) is 0 Å². The van der Waals surface area contributed by atoms with Gasteiger partial charge in [-0.05, 0) is 6.92 Å². The van der Waals surface area contributed by atoms with Crippen molar-refractivity contribution in [2.75, 3.05) is 7.11 Å². The Kier molecular flexibility index (Phi) is 1.71. The minimum Gasteiger partial charge on any atom is -0.467 e. The summed E-state index contributed by atoms with van der Waals surface area (Å²) in [6, 6.07) is 0. The lowest BCUT2D eigenvalue weighted by Gasteiger charge is -2.30. The van der Waals surface area contributed by atoms with E-state index in [1.807, 2.05) is 6.92 Å². The molecule has 0 aromatic rings. The number of carbonyl (C=O) groups excluding carboxylic acids is 1. The maximum atomic E-state index is 10.6. The lowest BCUT2D eigenvalue weighted by Crippen LogP contribution is -2.41. The third-order valence-electron chi connectivity index (χ3n) is 1.41. The predicted octanol–water partition coefficient (Wildman–Crippen LogP) is 0.337. The fourth-order valence-electron chi connectivity index (χ4n) is 0.854. The van der Waals surface area contributed by atoms with Crippen LogP contribution < -0.4 is 0 Å². The summed E-state index contributed by atoms with van der Waals surface area (Å²) in [5, 5.41) is 0. The van der Waals surface area contributed by atoms with E-state index in [0.717, 1.165) is 6.42 Å². The fraction of sp³-hybridized carbons (Fsp3) is 0.833. The normalized spacial score (nSPS) is 33.1. The van der Waals surface area contributed by atoms with Crippen LogP contribution in [0.4, 0.5) is 0 Å². The molecule has 3 heteroatoms. The molecule has 52 valence electrons. The van der Waals surface area contributed by atoms with Crippen LogP contribution in [-0.4, -0.2) is 25.3 Å². The van der Waals surface area contributed by atoms with Gasteiger partial charge in [-0.2, -0.15) is 0 Å². The zero-order valence-corrected chi connectivity index (χ0v) is 5.59. The first-order valence-electron chi connectivity index (χ1n) is 2.97. The van der Waals surface area contributed by atoms with Crippen LogP contribution in [0.15, 0.2) is 0 Å². The van der Waals surface area contributed by atoms with E-state index in [9.17, 15) is 4.79 Å². The largest absolute Gasteiger partial charge is 0.467 e. The van der Waals surface area contributed by atoms with E-state index in [1.54, 1.807) is 0 Å². The number of hydrogen-bond donors (Lipinski definition) is 0. The van der Waals surface area contributed by atoms with Gasteiger partial charge in [0.15, 0.2) is 6.10 Å². The van der Waals surface area contributed by atoms with E-state index in [2.05, 4.69) is 4.74 Å². The molecule has 1 aliphatic heterocycles. The second kappa shape index (κ2) is 2.35. The van der Waals surface area contributed by atoms with Crippen LogP contribution in [-0.2, 0) is 14.3 Å². The summed E-state index contributed by atoms with van der Waals surface area (Å²) in [6.45, 7) is 1.93. The summed E-state index contributed by atoms with van der Waals surface area (Å²) < 4.78 is 9.46. The van der Waals surface area contributed by atoms with E-state index in [1.165, 1.54) is 7.11 Å². The Hall–Kier alpha value is -0.570. The van der Waals surface area contributed by atoms with Crippen LogP contribution in [0.3, 0.4) is 0 Å². The first kappa shape index (κ1) is 6.55.